The Morgan fingerprint density at radius 3 is 2.24 bits per heavy atom. The van der Waals surface area contributed by atoms with Gasteiger partial charge in [0.1, 0.15) is 0 Å². The minimum Gasteiger partial charge on any atom is -0.479 e. The minimum absolute atomic E-state index is 0.250. The summed E-state index contributed by atoms with van der Waals surface area (Å²) >= 11 is 6.27. The topological polar surface area (TPSA) is 62.7 Å². The van der Waals surface area contributed by atoms with Crippen molar-refractivity contribution in [2.24, 2.45) is 5.41 Å². The number of piperidine rings is 1. The van der Waals surface area contributed by atoms with E-state index in [9.17, 15) is 9.90 Å². The second kappa shape index (κ2) is 10.5. The summed E-state index contributed by atoms with van der Waals surface area (Å²) < 4.78 is 6.15. The maximum absolute atomic E-state index is 12.6. The van der Waals surface area contributed by atoms with E-state index in [0.29, 0.717) is 16.3 Å². The first-order valence-electron chi connectivity index (χ1n) is 12.9. The van der Waals surface area contributed by atoms with E-state index in [1.165, 1.54) is 0 Å². The summed E-state index contributed by atoms with van der Waals surface area (Å²) in [6.45, 7) is 13.8. The highest BCUT2D eigenvalue weighted by atomic mass is 35.5. The van der Waals surface area contributed by atoms with Gasteiger partial charge in [-0.25, -0.2) is 4.79 Å². The van der Waals surface area contributed by atoms with Gasteiger partial charge in [-0.1, -0.05) is 55.8 Å². The molecule has 1 unspecified atom stereocenters. The van der Waals surface area contributed by atoms with Crippen molar-refractivity contribution in [1.82, 2.24) is 4.98 Å². The second-order valence-electron chi connectivity index (χ2n) is 11.7. The van der Waals surface area contributed by atoms with Gasteiger partial charge >= 0.3 is 5.97 Å². The van der Waals surface area contributed by atoms with Gasteiger partial charge in [0, 0.05) is 41.1 Å². The summed E-state index contributed by atoms with van der Waals surface area (Å²) in [5.41, 5.74) is 5.77. The van der Waals surface area contributed by atoms with Crippen molar-refractivity contribution in [3.63, 3.8) is 0 Å². The average Bonchev–Trinajstić information content (AvgIpc) is 2.82. The summed E-state index contributed by atoms with van der Waals surface area (Å²) in [5.74, 6) is -1.01. The van der Waals surface area contributed by atoms with E-state index in [1.807, 2.05) is 64.2 Å². The number of carboxylic acids is 1. The zero-order chi connectivity index (χ0) is 27.0. The summed E-state index contributed by atoms with van der Waals surface area (Å²) in [7, 11) is 0. The molecule has 0 aliphatic carbocycles. The van der Waals surface area contributed by atoms with Crippen LogP contribution in [0.4, 0.5) is 5.69 Å². The lowest BCUT2D eigenvalue weighted by molar-refractivity contribution is -0.160. The van der Waals surface area contributed by atoms with Crippen LogP contribution in [0, 0.1) is 12.3 Å². The molecule has 1 aliphatic heterocycles. The first-order valence-corrected chi connectivity index (χ1v) is 13.2. The Bertz CT molecular complexity index is 1290. The lowest BCUT2D eigenvalue weighted by atomic mass is 9.82. The van der Waals surface area contributed by atoms with E-state index < -0.39 is 17.7 Å². The van der Waals surface area contributed by atoms with Crippen molar-refractivity contribution >= 4 is 23.3 Å². The molecule has 1 fully saturated rings. The number of aryl methyl sites for hydroxylation is 1. The second-order valence-corrected chi connectivity index (χ2v) is 12.1. The van der Waals surface area contributed by atoms with Crippen LogP contribution in [0.5, 0.6) is 0 Å². The Balaban J connectivity index is 1.92. The standard InChI is InChI=1S/C31H37ClN2O3/c1-20-26(28(29(35)36)37-30(2,3)4)27(34-15-13-31(5,6)14-16-34)25(19-33-20)23-11-7-9-21(17-23)22-10-8-12-24(32)18-22/h7-12,17-19,28H,13-16H2,1-6H3,(H,35,36). The van der Waals surface area contributed by atoms with E-state index in [-0.39, 0.29) is 5.41 Å². The first-order chi connectivity index (χ1) is 17.3. The molecule has 2 aromatic carbocycles. The normalized spacial score (nSPS) is 16.5. The molecule has 1 aliphatic rings. The Morgan fingerprint density at radius 1 is 1.05 bits per heavy atom. The maximum atomic E-state index is 12.6. The van der Waals surface area contributed by atoms with Crippen molar-refractivity contribution < 1.29 is 14.6 Å². The molecule has 0 bridgehead atoms. The van der Waals surface area contributed by atoms with Crippen LogP contribution in [-0.2, 0) is 9.53 Å². The molecule has 6 heteroatoms. The molecule has 0 amide bonds. The number of rotatable bonds is 6. The SMILES string of the molecule is Cc1ncc(-c2cccc(-c3cccc(Cl)c3)c2)c(N2CCC(C)(C)CC2)c1C(OC(C)(C)C)C(=O)O. The van der Waals surface area contributed by atoms with Crippen LogP contribution in [0.1, 0.15) is 64.8 Å². The van der Waals surface area contributed by atoms with Gasteiger partial charge in [-0.05, 0) is 80.8 Å². The molecule has 1 atom stereocenters. The van der Waals surface area contributed by atoms with Crippen LogP contribution in [0.15, 0.2) is 54.7 Å². The lowest BCUT2D eigenvalue weighted by Gasteiger charge is -2.41. The number of pyridine rings is 1. The fourth-order valence-corrected chi connectivity index (χ4v) is 5.12. The summed E-state index contributed by atoms with van der Waals surface area (Å²) in [4.78, 5) is 19.6. The number of carbonyl (C=O) groups is 1. The molecule has 1 saturated heterocycles. The van der Waals surface area contributed by atoms with E-state index in [0.717, 1.165) is 53.9 Å². The molecular formula is C31H37ClN2O3. The predicted octanol–water partition coefficient (Wildman–Crippen LogP) is 7.94. The van der Waals surface area contributed by atoms with Crippen molar-refractivity contribution in [1.29, 1.82) is 0 Å². The van der Waals surface area contributed by atoms with Crippen molar-refractivity contribution in [3.05, 3.63) is 71.0 Å². The van der Waals surface area contributed by atoms with E-state index in [2.05, 4.69) is 36.9 Å². The molecule has 0 saturated carbocycles. The number of nitrogens with zero attached hydrogens (tertiary/aromatic N) is 2. The number of benzene rings is 2. The van der Waals surface area contributed by atoms with E-state index >= 15 is 0 Å². The third-order valence-corrected chi connectivity index (χ3v) is 7.25. The van der Waals surface area contributed by atoms with Gasteiger partial charge in [0.25, 0.3) is 0 Å². The Morgan fingerprint density at radius 2 is 1.65 bits per heavy atom. The molecule has 3 aromatic rings. The van der Waals surface area contributed by atoms with Gasteiger partial charge in [0.2, 0.25) is 0 Å². The zero-order valence-electron chi connectivity index (χ0n) is 22.6. The molecule has 4 rings (SSSR count). The number of aliphatic carboxylic acids is 1. The Hall–Kier alpha value is -2.89. The lowest BCUT2D eigenvalue weighted by Crippen LogP contribution is -2.39. The van der Waals surface area contributed by atoms with Crippen LogP contribution in [-0.4, -0.2) is 34.8 Å². The van der Waals surface area contributed by atoms with Crippen molar-refractivity contribution in [2.75, 3.05) is 18.0 Å². The number of anilines is 1. The molecule has 1 aromatic heterocycles. The quantitative estimate of drug-likeness (QED) is 0.357. The summed E-state index contributed by atoms with van der Waals surface area (Å²) in [6.07, 6.45) is 2.79. The van der Waals surface area contributed by atoms with Crippen LogP contribution in [0.3, 0.4) is 0 Å². The molecular weight excluding hydrogens is 484 g/mol. The number of hydrogen-bond donors (Lipinski definition) is 1. The highest BCUT2D eigenvalue weighted by molar-refractivity contribution is 6.30. The van der Waals surface area contributed by atoms with Crippen molar-refractivity contribution in [3.8, 4) is 22.3 Å². The Kier molecular flexibility index (Phi) is 7.68. The summed E-state index contributed by atoms with van der Waals surface area (Å²) in [6, 6.07) is 16.1. The molecule has 0 radical (unpaired) electrons. The highest BCUT2D eigenvalue weighted by Gasteiger charge is 2.35. The maximum Gasteiger partial charge on any atom is 0.337 e. The largest absolute Gasteiger partial charge is 0.479 e. The number of hydrogen-bond acceptors (Lipinski definition) is 4. The van der Waals surface area contributed by atoms with E-state index in [4.69, 9.17) is 21.3 Å². The van der Waals surface area contributed by atoms with Gasteiger partial charge < -0.3 is 14.7 Å². The fraction of sp³-hybridized carbons (Fsp3) is 0.419. The van der Waals surface area contributed by atoms with Crippen LogP contribution in [0.25, 0.3) is 22.3 Å². The molecule has 196 valence electrons. The molecule has 2 heterocycles. The predicted molar refractivity (Wildman–Crippen MR) is 151 cm³/mol. The highest BCUT2D eigenvalue weighted by Crippen LogP contribution is 2.44. The zero-order valence-corrected chi connectivity index (χ0v) is 23.4. The fourth-order valence-electron chi connectivity index (χ4n) is 4.93. The van der Waals surface area contributed by atoms with Crippen LogP contribution < -0.4 is 4.90 Å². The molecule has 37 heavy (non-hydrogen) atoms. The van der Waals surface area contributed by atoms with Gasteiger partial charge in [-0.15, -0.1) is 0 Å². The van der Waals surface area contributed by atoms with Gasteiger partial charge in [-0.2, -0.15) is 0 Å². The number of ether oxygens (including phenoxy) is 1. The minimum atomic E-state index is -1.13. The molecule has 1 N–H and O–H groups in total. The van der Waals surface area contributed by atoms with Crippen LogP contribution >= 0.6 is 11.6 Å². The molecule has 0 spiro atoms. The smallest absolute Gasteiger partial charge is 0.337 e. The number of halogens is 1. The van der Waals surface area contributed by atoms with Crippen LogP contribution in [0.2, 0.25) is 5.02 Å². The average molecular weight is 521 g/mol. The summed E-state index contributed by atoms with van der Waals surface area (Å²) in [5, 5.41) is 11.0. The monoisotopic (exact) mass is 520 g/mol. The van der Waals surface area contributed by atoms with Gasteiger partial charge in [0.15, 0.2) is 6.10 Å². The number of aromatic nitrogens is 1. The first kappa shape index (κ1) is 27.2. The third kappa shape index (κ3) is 6.34. The van der Waals surface area contributed by atoms with Crippen molar-refractivity contribution in [2.45, 2.75) is 66.1 Å². The Labute approximate surface area is 225 Å². The third-order valence-electron chi connectivity index (χ3n) is 7.01. The van der Waals surface area contributed by atoms with Gasteiger partial charge in [0.05, 0.1) is 11.3 Å². The molecule has 5 nitrogen and oxygen atoms in total. The number of carboxylic acid groups (broad SMARTS) is 1. The van der Waals surface area contributed by atoms with E-state index in [1.54, 1.807) is 0 Å². The van der Waals surface area contributed by atoms with Gasteiger partial charge in [-0.3, -0.25) is 4.98 Å².